The standard InChI is InChI=1S/C18H23N5O/c24-18(15-3-1-13(2-4-15)16-5-8-21-22-16)23-11-6-14(7-12-23)17-19-9-10-20-17/h1-4,9-10,14,16,21-22H,5-8,11-12H2,(H,19,20). The van der Waals surface area contributed by atoms with Crippen molar-refractivity contribution in [2.24, 2.45) is 0 Å². The maximum atomic E-state index is 12.7. The fourth-order valence-electron chi connectivity index (χ4n) is 3.63. The molecule has 1 unspecified atom stereocenters. The number of carbonyl (C=O) groups is 1. The van der Waals surface area contributed by atoms with Gasteiger partial charge in [-0.3, -0.25) is 15.6 Å². The van der Waals surface area contributed by atoms with Crippen molar-refractivity contribution in [2.75, 3.05) is 19.6 Å². The summed E-state index contributed by atoms with van der Waals surface area (Å²) in [6.07, 6.45) is 6.67. The third-order valence-corrected chi connectivity index (χ3v) is 5.08. The first-order chi connectivity index (χ1) is 11.8. The van der Waals surface area contributed by atoms with Crippen LogP contribution in [0.5, 0.6) is 0 Å². The Morgan fingerprint density at radius 3 is 2.54 bits per heavy atom. The van der Waals surface area contributed by atoms with Gasteiger partial charge in [0.15, 0.2) is 0 Å². The zero-order valence-electron chi connectivity index (χ0n) is 13.7. The minimum absolute atomic E-state index is 0.136. The van der Waals surface area contributed by atoms with E-state index in [1.807, 2.05) is 23.2 Å². The Hall–Kier alpha value is -2.18. The van der Waals surface area contributed by atoms with E-state index in [1.165, 1.54) is 5.56 Å². The van der Waals surface area contributed by atoms with Crippen molar-refractivity contribution in [2.45, 2.75) is 31.2 Å². The lowest BCUT2D eigenvalue weighted by atomic mass is 9.95. The Morgan fingerprint density at radius 1 is 1.12 bits per heavy atom. The molecule has 1 atom stereocenters. The minimum atomic E-state index is 0.136. The number of piperidine rings is 1. The fraction of sp³-hybridized carbons (Fsp3) is 0.444. The Morgan fingerprint density at radius 2 is 1.92 bits per heavy atom. The predicted octanol–water partition coefficient (Wildman–Crippen LogP) is 1.97. The van der Waals surface area contributed by atoms with E-state index in [0.29, 0.717) is 12.0 Å². The molecule has 24 heavy (non-hydrogen) atoms. The second kappa shape index (κ2) is 6.75. The van der Waals surface area contributed by atoms with Gasteiger partial charge in [-0.2, -0.15) is 0 Å². The molecule has 1 amide bonds. The Balaban J connectivity index is 1.37. The first-order valence-corrected chi connectivity index (χ1v) is 8.68. The largest absolute Gasteiger partial charge is 0.348 e. The number of hydrazine groups is 1. The summed E-state index contributed by atoms with van der Waals surface area (Å²) in [5.74, 6) is 1.62. The third kappa shape index (κ3) is 3.07. The number of aromatic amines is 1. The normalized spacial score (nSPS) is 22.0. The van der Waals surface area contributed by atoms with Gasteiger partial charge in [-0.25, -0.2) is 4.98 Å². The van der Waals surface area contributed by atoms with Gasteiger partial charge in [-0.05, 0) is 37.0 Å². The molecule has 0 spiro atoms. The summed E-state index contributed by atoms with van der Waals surface area (Å²) in [5.41, 5.74) is 8.40. The number of benzene rings is 1. The van der Waals surface area contributed by atoms with Crippen molar-refractivity contribution in [3.63, 3.8) is 0 Å². The molecule has 2 aromatic rings. The molecular formula is C18H23N5O. The summed E-state index contributed by atoms with van der Waals surface area (Å²) in [6.45, 7) is 2.57. The van der Waals surface area contributed by atoms with Crippen LogP contribution in [0.2, 0.25) is 0 Å². The molecule has 2 aliphatic rings. The Kier molecular flexibility index (Phi) is 4.32. The molecule has 0 bridgehead atoms. The molecule has 2 saturated heterocycles. The van der Waals surface area contributed by atoms with Crippen LogP contribution in [0.15, 0.2) is 36.7 Å². The van der Waals surface area contributed by atoms with E-state index >= 15 is 0 Å². The van der Waals surface area contributed by atoms with Crippen molar-refractivity contribution in [3.8, 4) is 0 Å². The van der Waals surface area contributed by atoms with Crippen LogP contribution in [-0.4, -0.2) is 40.4 Å². The average Bonchev–Trinajstić information content (AvgIpc) is 3.35. The molecule has 3 N–H and O–H groups in total. The Bertz CT molecular complexity index is 668. The zero-order valence-corrected chi connectivity index (χ0v) is 13.7. The molecular weight excluding hydrogens is 302 g/mol. The van der Waals surface area contributed by atoms with Crippen molar-refractivity contribution >= 4 is 5.91 Å². The van der Waals surface area contributed by atoms with Crippen LogP contribution in [0.3, 0.4) is 0 Å². The van der Waals surface area contributed by atoms with Crippen molar-refractivity contribution in [3.05, 3.63) is 53.6 Å². The lowest BCUT2D eigenvalue weighted by Crippen LogP contribution is -2.38. The van der Waals surface area contributed by atoms with E-state index in [4.69, 9.17) is 0 Å². The molecule has 2 aliphatic heterocycles. The van der Waals surface area contributed by atoms with E-state index in [2.05, 4.69) is 33.0 Å². The second-order valence-corrected chi connectivity index (χ2v) is 6.58. The number of likely N-dealkylation sites (tertiary alicyclic amines) is 1. The molecule has 3 heterocycles. The summed E-state index contributed by atoms with van der Waals surface area (Å²) in [6, 6.07) is 8.38. The zero-order chi connectivity index (χ0) is 16.4. The van der Waals surface area contributed by atoms with Gasteiger partial charge in [0.2, 0.25) is 0 Å². The molecule has 1 aromatic heterocycles. The summed E-state index contributed by atoms with van der Waals surface area (Å²) >= 11 is 0. The summed E-state index contributed by atoms with van der Waals surface area (Å²) < 4.78 is 0. The SMILES string of the molecule is O=C(c1ccc(C2CCNN2)cc1)N1CCC(c2ncc[nH]2)CC1. The van der Waals surface area contributed by atoms with Gasteiger partial charge in [0.25, 0.3) is 5.91 Å². The quantitative estimate of drug-likeness (QED) is 0.807. The average molecular weight is 325 g/mol. The van der Waals surface area contributed by atoms with Crippen LogP contribution < -0.4 is 10.9 Å². The van der Waals surface area contributed by atoms with Gasteiger partial charge in [0, 0.05) is 49.6 Å². The lowest BCUT2D eigenvalue weighted by Gasteiger charge is -2.31. The molecule has 126 valence electrons. The number of aromatic nitrogens is 2. The van der Waals surface area contributed by atoms with Crippen LogP contribution in [0.1, 0.15) is 53.0 Å². The summed E-state index contributed by atoms with van der Waals surface area (Å²) in [7, 11) is 0. The highest BCUT2D eigenvalue weighted by molar-refractivity contribution is 5.94. The minimum Gasteiger partial charge on any atom is -0.348 e. The second-order valence-electron chi connectivity index (χ2n) is 6.58. The lowest BCUT2D eigenvalue weighted by molar-refractivity contribution is 0.0711. The molecule has 0 radical (unpaired) electrons. The number of rotatable bonds is 3. The van der Waals surface area contributed by atoms with E-state index in [9.17, 15) is 4.79 Å². The first kappa shape index (κ1) is 15.4. The molecule has 0 aliphatic carbocycles. The third-order valence-electron chi connectivity index (χ3n) is 5.08. The summed E-state index contributed by atoms with van der Waals surface area (Å²) in [4.78, 5) is 22.2. The molecule has 6 nitrogen and oxygen atoms in total. The fourth-order valence-corrected chi connectivity index (χ4v) is 3.63. The number of amides is 1. The van der Waals surface area contributed by atoms with Gasteiger partial charge in [0.1, 0.15) is 5.82 Å². The summed E-state index contributed by atoms with van der Waals surface area (Å²) in [5, 5.41) is 0. The molecule has 6 heteroatoms. The maximum absolute atomic E-state index is 12.7. The molecule has 4 rings (SSSR count). The van der Waals surface area contributed by atoms with Gasteiger partial charge in [-0.1, -0.05) is 12.1 Å². The first-order valence-electron chi connectivity index (χ1n) is 8.68. The molecule has 2 fully saturated rings. The highest BCUT2D eigenvalue weighted by Crippen LogP contribution is 2.26. The van der Waals surface area contributed by atoms with Crippen LogP contribution in [0.4, 0.5) is 0 Å². The van der Waals surface area contributed by atoms with E-state index in [-0.39, 0.29) is 5.91 Å². The number of hydrogen-bond donors (Lipinski definition) is 3. The van der Waals surface area contributed by atoms with Crippen molar-refractivity contribution < 1.29 is 4.79 Å². The monoisotopic (exact) mass is 325 g/mol. The van der Waals surface area contributed by atoms with Gasteiger partial charge >= 0.3 is 0 Å². The number of carbonyl (C=O) groups excluding carboxylic acids is 1. The predicted molar refractivity (Wildman–Crippen MR) is 91.4 cm³/mol. The van der Waals surface area contributed by atoms with Crippen LogP contribution >= 0.6 is 0 Å². The number of imidazole rings is 1. The van der Waals surface area contributed by atoms with Gasteiger partial charge in [0.05, 0.1) is 0 Å². The van der Waals surface area contributed by atoms with Crippen molar-refractivity contribution in [1.29, 1.82) is 0 Å². The van der Waals surface area contributed by atoms with E-state index in [0.717, 1.165) is 50.3 Å². The van der Waals surface area contributed by atoms with Gasteiger partial charge < -0.3 is 9.88 Å². The number of nitrogens with one attached hydrogen (secondary N) is 3. The molecule has 1 aromatic carbocycles. The van der Waals surface area contributed by atoms with Gasteiger partial charge in [-0.15, -0.1) is 0 Å². The maximum Gasteiger partial charge on any atom is 0.253 e. The van der Waals surface area contributed by atoms with E-state index in [1.54, 1.807) is 6.20 Å². The van der Waals surface area contributed by atoms with Crippen LogP contribution in [0.25, 0.3) is 0 Å². The Labute approximate surface area is 141 Å². The van der Waals surface area contributed by atoms with Crippen LogP contribution in [-0.2, 0) is 0 Å². The van der Waals surface area contributed by atoms with Crippen LogP contribution in [0, 0.1) is 0 Å². The number of H-pyrrole nitrogens is 1. The molecule has 0 saturated carbocycles. The highest BCUT2D eigenvalue weighted by Gasteiger charge is 2.26. The number of hydrogen-bond acceptors (Lipinski definition) is 4. The van der Waals surface area contributed by atoms with E-state index < -0.39 is 0 Å². The topological polar surface area (TPSA) is 73.1 Å². The van der Waals surface area contributed by atoms with Crippen molar-refractivity contribution in [1.82, 2.24) is 25.7 Å². The number of nitrogens with zero attached hydrogens (tertiary/aromatic N) is 2. The smallest absolute Gasteiger partial charge is 0.253 e. The highest BCUT2D eigenvalue weighted by atomic mass is 16.2.